The minimum absolute atomic E-state index is 0.446. The van der Waals surface area contributed by atoms with Gasteiger partial charge in [-0.2, -0.15) is 18.4 Å². The van der Waals surface area contributed by atoms with Crippen molar-refractivity contribution < 1.29 is 18.0 Å². The third-order valence-electron chi connectivity index (χ3n) is 3.05. The molecule has 0 radical (unpaired) electrons. The zero-order valence-electron chi connectivity index (χ0n) is 10.1. The highest BCUT2D eigenvalue weighted by atomic mass is 19.4. The molecule has 7 heteroatoms. The van der Waals surface area contributed by atoms with Crippen LogP contribution >= 0.6 is 0 Å². The molecule has 0 bridgehead atoms. The normalized spacial score (nSPS) is 23.2. The molecule has 20 heavy (non-hydrogen) atoms. The summed E-state index contributed by atoms with van der Waals surface area (Å²) in [6.45, 7) is 0. The lowest BCUT2D eigenvalue weighted by molar-refractivity contribution is -0.142. The minimum Gasteiger partial charge on any atom is -0.271 e. The molecule has 0 fully saturated rings. The molecule has 4 nitrogen and oxygen atoms in total. The van der Waals surface area contributed by atoms with Crippen LogP contribution in [0.4, 0.5) is 13.2 Å². The Morgan fingerprint density at radius 3 is 2.35 bits per heavy atom. The summed E-state index contributed by atoms with van der Waals surface area (Å²) in [6, 6.07) is 8.40. The summed E-state index contributed by atoms with van der Waals surface area (Å²) in [5.41, 5.74) is -0.720. The van der Waals surface area contributed by atoms with Crippen molar-refractivity contribution in [3.05, 3.63) is 47.5 Å². The lowest BCUT2D eigenvalue weighted by Crippen LogP contribution is -2.48. The van der Waals surface area contributed by atoms with E-state index in [1.807, 2.05) is 0 Å². The fraction of sp³-hybridized carbons (Fsp3) is 0.231. The molecular weight excluding hydrogens is 271 g/mol. The molecule has 1 aliphatic heterocycles. The summed E-state index contributed by atoms with van der Waals surface area (Å²) in [7, 11) is 0. The highest BCUT2D eigenvalue weighted by Crippen LogP contribution is 2.39. The van der Waals surface area contributed by atoms with Crippen LogP contribution in [0.1, 0.15) is 11.6 Å². The predicted molar refractivity (Wildman–Crippen MR) is 63.5 cm³/mol. The van der Waals surface area contributed by atoms with Gasteiger partial charge in [0, 0.05) is 0 Å². The number of carbonyl (C=O) groups excluding carboxylic acids is 1. The number of hydrogen-bond acceptors (Lipinski definition) is 3. The van der Waals surface area contributed by atoms with E-state index in [0.29, 0.717) is 10.6 Å². The highest BCUT2D eigenvalue weighted by Gasteiger charge is 2.47. The molecule has 104 valence electrons. The van der Waals surface area contributed by atoms with Crippen molar-refractivity contribution in [2.45, 2.75) is 12.2 Å². The van der Waals surface area contributed by atoms with Crippen LogP contribution in [0.5, 0.6) is 0 Å². The standard InChI is InChI=1S/C13H10F3N3O/c14-13(15,16)10-6-11(8-4-2-1-3-5-8)19(18)12(20)9(10)7-17/h1-6,9,11H,18H2. The number of halogens is 3. The summed E-state index contributed by atoms with van der Waals surface area (Å²) in [5, 5.41) is 9.44. The van der Waals surface area contributed by atoms with Crippen molar-refractivity contribution >= 4 is 5.91 Å². The Morgan fingerprint density at radius 2 is 1.85 bits per heavy atom. The highest BCUT2D eigenvalue weighted by molar-refractivity contribution is 5.86. The van der Waals surface area contributed by atoms with Gasteiger partial charge in [-0.1, -0.05) is 30.3 Å². The van der Waals surface area contributed by atoms with Crippen LogP contribution in [0.2, 0.25) is 0 Å². The van der Waals surface area contributed by atoms with E-state index in [4.69, 9.17) is 11.1 Å². The van der Waals surface area contributed by atoms with Gasteiger partial charge in [0.2, 0.25) is 0 Å². The number of hydrazine groups is 1. The van der Waals surface area contributed by atoms with Gasteiger partial charge in [-0.3, -0.25) is 9.80 Å². The van der Waals surface area contributed by atoms with Crippen molar-refractivity contribution in [2.24, 2.45) is 11.8 Å². The van der Waals surface area contributed by atoms with Crippen LogP contribution in [-0.4, -0.2) is 17.1 Å². The van der Waals surface area contributed by atoms with E-state index in [1.54, 1.807) is 30.3 Å². The van der Waals surface area contributed by atoms with Crippen molar-refractivity contribution in [1.82, 2.24) is 5.01 Å². The Balaban J connectivity index is 2.54. The monoisotopic (exact) mass is 281 g/mol. The Hall–Kier alpha value is -2.33. The molecule has 2 atom stereocenters. The zero-order chi connectivity index (χ0) is 14.9. The van der Waals surface area contributed by atoms with Crippen LogP contribution in [-0.2, 0) is 4.79 Å². The first-order chi connectivity index (χ1) is 9.36. The van der Waals surface area contributed by atoms with Crippen LogP contribution in [0.15, 0.2) is 42.0 Å². The summed E-state index contributed by atoms with van der Waals surface area (Å²) in [5.74, 6) is 2.57. The second-order valence-electron chi connectivity index (χ2n) is 4.28. The molecule has 1 aromatic rings. The molecule has 0 spiro atoms. The third kappa shape index (κ3) is 2.38. The molecule has 2 rings (SSSR count). The van der Waals surface area contributed by atoms with Gasteiger partial charge in [0.05, 0.1) is 17.7 Å². The first-order valence-corrected chi connectivity index (χ1v) is 5.67. The first kappa shape index (κ1) is 14.1. The number of benzene rings is 1. The molecule has 0 aromatic heterocycles. The first-order valence-electron chi connectivity index (χ1n) is 5.67. The summed E-state index contributed by atoms with van der Waals surface area (Å²) < 4.78 is 38.8. The van der Waals surface area contributed by atoms with Crippen molar-refractivity contribution in [1.29, 1.82) is 5.26 Å². The van der Waals surface area contributed by atoms with Gasteiger partial charge >= 0.3 is 6.18 Å². The van der Waals surface area contributed by atoms with Gasteiger partial charge < -0.3 is 0 Å². The second kappa shape index (κ2) is 4.98. The molecule has 1 aromatic carbocycles. The maximum Gasteiger partial charge on any atom is 0.414 e. The van der Waals surface area contributed by atoms with Crippen LogP contribution in [0.25, 0.3) is 0 Å². The third-order valence-corrected chi connectivity index (χ3v) is 3.05. The fourth-order valence-electron chi connectivity index (χ4n) is 2.06. The molecule has 0 saturated carbocycles. The number of hydrogen-bond donors (Lipinski definition) is 1. The summed E-state index contributed by atoms with van der Waals surface area (Å²) in [4.78, 5) is 11.8. The molecule has 1 amide bonds. The van der Waals surface area contributed by atoms with Gasteiger partial charge in [0.1, 0.15) is 0 Å². The molecule has 2 N–H and O–H groups in total. The van der Waals surface area contributed by atoms with Gasteiger partial charge in [0.15, 0.2) is 5.92 Å². The Labute approximate surface area is 112 Å². The molecular formula is C13H10F3N3O. The minimum atomic E-state index is -4.75. The number of carbonyl (C=O) groups is 1. The number of rotatable bonds is 1. The number of alkyl halides is 3. The molecule has 1 aliphatic rings. The van der Waals surface area contributed by atoms with Crippen molar-refractivity contribution in [3.8, 4) is 6.07 Å². The van der Waals surface area contributed by atoms with Crippen LogP contribution in [0, 0.1) is 17.2 Å². The summed E-state index contributed by atoms with van der Waals surface area (Å²) >= 11 is 0. The maximum absolute atomic E-state index is 12.9. The van der Waals surface area contributed by atoms with E-state index >= 15 is 0 Å². The Kier molecular flexibility index (Phi) is 3.51. The number of nitrogens with zero attached hydrogens (tertiary/aromatic N) is 2. The zero-order valence-corrected chi connectivity index (χ0v) is 10.1. The van der Waals surface area contributed by atoms with Gasteiger partial charge in [-0.15, -0.1) is 0 Å². The Bertz CT molecular complexity index is 589. The quantitative estimate of drug-likeness (QED) is 0.486. The molecule has 0 aliphatic carbocycles. The predicted octanol–water partition coefficient (Wildman–Crippen LogP) is 2.07. The van der Waals surface area contributed by atoms with Gasteiger partial charge in [-0.25, -0.2) is 5.84 Å². The Morgan fingerprint density at radius 1 is 1.25 bits per heavy atom. The van der Waals surface area contributed by atoms with Crippen molar-refractivity contribution in [2.75, 3.05) is 0 Å². The van der Waals surface area contributed by atoms with Crippen LogP contribution < -0.4 is 5.84 Å². The molecule has 2 unspecified atom stereocenters. The van der Waals surface area contributed by atoms with Gasteiger partial charge in [-0.05, 0) is 11.6 Å². The van der Waals surface area contributed by atoms with Crippen LogP contribution in [0.3, 0.4) is 0 Å². The number of amides is 1. The average Bonchev–Trinajstić information content (AvgIpc) is 2.41. The molecule has 1 heterocycles. The summed E-state index contributed by atoms with van der Waals surface area (Å²) in [6.07, 6.45) is -3.92. The van der Waals surface area contributed by atoms with E-state index in [-0.39, 0.29) is 0 Å². The van der Waals surface area contributed by atoms with Crippen molar-refractivity contribution in [3.63, 3.8) is 0 Å². The molecule has 0 saturated heterocycles. The lowest BCUT2D eigenvalue weighted by atomic mass is 9.89. The van der Waals surface area contributed by atoms with E-state index < -0.39 is 29.6 Å². The SMILES string of the molecule is N#CC1C(=O)N(N)C(c2ccccc2)C=C1C(F)(F)F. The van der Waals surface area contributed by atoms with E-state index in [2.05, 4.69) is 0 Å². The maximum atomic E-state index is 12.9. The second-order valence-corrected chi connectivity index (χ2v) is 4.28. The fourth-order valence-corrected chi connectivity index (χ4v) is 2.06. The van der Waals surface area contributed by atoms with E-state index in [9.17, 15) is 18.0 Å². The lowest BCUT2D eigenvalue weighted by Gasteiger charge is -2.33. The topological polar surface area (TPSA) is 70.1 Å². The van der Waals surface area contributed by atoms with Gasteiger partial charge in [0.25, 0.3) is 5.91 Å². The van der Waals surface area contributed by atoms with E-state index in [0.717, 1.165) is 6.08 Å². The largest absolute Gasteiger partial charge is 0.414 e. The average molecular weight is 281 g/mol. The number of nitrogens with two attached hydrogens (primary N) is 1. The van der Waals surface area contributed by atoms with E-state index in [1.165, 1.54) is 6.07 Å². The number of nitriles is 1. The smallest absolute Gasteiger partial charge is 0.271 e.